The number of aliphatic hydroxyl groups excluding tert-OH is 1. The van der Waals surface area contributed by atoms with Gasteiger partial charge in [0.25, 0.3) is 0 Å². The molecule has 2 amide bonds. The Balaban J connectivity index is 1.64. The summed E-state index contributed by atoms with van der Waals surface area (Å²) in [6.45, 7) is 8.14. The molecule has 2 fully saturated rings. The van der Waals surface area contributed by atoms with E-state index in [1.54, 1.807) is 0 Å². The summed E-state index contributed by atoms with van der Waals surface area (Å²) < 4.78 is 0. The molecule has 5 heteroatoms. The van der Waals surface area contributed by atoms with Crippen LogP contribution in [0.3, 0.4) is 0 Å². The minimum absolute atomic E-state index is 0.0499. The van der Waals surface area contributed by atoms with Crippen LogP contribution in [0, 0.1) is 11.8 Å². The van der Waals surface area contributed by atoms with Gasteiger partial charge < -0.3 is 20.2 Å². The van der Waals surface area contributed by atoms with Crippen molar-refractivity contribution in [2.75, 3.05) is 45.9 Å². The van der Waals surface area contributed by atoms with Gasteiger partial charge in [0.05, 0.1) is 0 Å². The van der Waals surface area contributed by atoms with E-state index in [1.807, 2.05) is 4.90 Å². The van der Waals surface area contributed by atoms with Crippen molar-refractivity contribution in [1.29, 1.82) is 0 Å². The van der Waals surface area contributed by atoms with Crippen LogP contribution >= 0.6 is 0 Å². The molecule has 1 atom stereocenters. The molecular formula is C14H27N3O2. The Morgan fingerprint density at radius 3 is 2.47 bits per heavy atom. The second-order valence-electron chi connectivity index (χ2n) is 5.85. The third kappa shape index (κ3) is 4.08. The van der Waals surface area contributed by atoms with Crippen molar-refractivity contribution in [3.8, 4) is 0 Å². The highest BCUT2D eigenvalue weighted by atomic mass is 16.3. The van der Waals surface area contributed by atoms with Gasteiger partial charge in [0.1, 0.15) is 0 Å². The number of piperidine rings is 1. The Kier molecular flexibility index (Phi) is 5.45. The molecule has 1 unspecified atom stereocenters. The smallest absolute Gasteiger partial charge is 0.317 e. The number of rotatable bonds is 4. The molecule has 19 heavy (non-hydrogen) atoms. The second-order valence-corrected chi connectivity index (χ2v) is 5.85. The Morgan fingerprint density at radius 2 is 1.89 bits per heavy atom. The van der Waals surface area contributed by atoms with Crippen LogP contribution in [0.1, 0.15) is 26.2 Å². The number of hydrogen-bond acceptors (Lipinski definition) is 3. The van der Waals surface area contributed by atoms with Gasteiger partial charge in [-0.1, -0.05) is 6.92 Å². The van der Waals surface area contributed by atoms with E-state index in [0.717, 1.165) is 39.1 Å². The standard InChI is InChI=1S/C14H27N3O2/c1-2-16-6-3-12(4-7-16)9-15-14(19)17-8-5-13(10-17)11-18/h12-13,18H,2-11H2,1H3,(H,15,19). The molecule has 0 bridgehead atoms. The molecular weight excluding hydrogens is 242 g/mol. The molecule has 2 rings (SSSR count). The maximum Gasteiger partial charge on any atom is 0.317 e. The summed E-state index contributed by atoms with van der Waals surface area (Å²) in [6, 6.07) is 0.0499. The molecule has 0 spiro atoms. The second kappa shape index (κ2) is 7.10. The quantitative estimate of drug-likeness (QED) is 0.791. The molecule has 2 N–H and O–H groups in total. The van der Waals surface area contributed by atoms with Gasteiger partial charge >= 0.3 is 6.03 Å². The van der Waals surface area contributed by atoms with Crippen LogP contribution in [-0.4, -0.2) is 66.8 Å². The van der Waals surface area contributed by atoms with Gasteiger partial charge in [0.15, 0.2) is 0 Å². The van der Waals surface area contributed by atoms with Gasteiger partial charge in [-0.3, -0.25) is 0 Å². The minimum atomic E-state index is 0.0499. The van der Waals surface area contributed by atoms with Crippen LogP contribution in [0.15, 0.2) is 0 Å². The predicted octanol–water partition coefficient (Wildman–Crippen LogP) is 0.742. The molecule has 0 aromatic heterocycles. The Morgan fingerprint density at radius 1 is 1.21 bits per heavy atom. The molecule has 0 radical (unpaired) electrons. The summed E-state index contributed by atoms with van der Waals surface area (Å²) in [5, 5.41) is 12.1. The first-order valence-corrected chi connectivity index (χ1v) is 7.59. The topological polar surface area (TPSA) is 55.8 Å². The van der Waals surface area contributed by atoms with Crippen LogP contribution in [0.5, 0.6) is 0 Å². The van der Waals surface area contributed by atoms with E-state index in [9.17, 15) is 4.79 Å². The number of urea groups is 1. The SMILES string of the molecule is CCN1CCC(CNC(=O)N2CCC(CO)C2)CC1. The van der Waals surface area contributed by atoms with Crippen LogP contribution in [0.25, 0.3) is 0 Å². The molecule has 110 valence electrons. The van der Waals surface area contributed by atoms with Crippen molar-refractivity contribution in [2.45, 2.75) is 26.2 Å². The average Bonchev–Trinajstić information content (AvgIpc) is 2.94. The van der Waals surface area contributed by atoms with E-state index in [2.05, 4.69) is 17.1 Å². The average molecular weight is 269 g/mol. The lowest BCUT2D eigenvalue weighted by molar-refractivity contribution is 0.178. The van der Waals surface area contributed by atoms with E-state index in [1.165, 1.54) is 12.8 Å². The monoisotopic (exact) mass is 269 g/mol. The summed E-state index contributed by atoms with van der Waals surface area (Å²) in [6.07, 6.45) is 3.31. The number of likely N-dealkylation sites (tertiary alicyclic amines) is 2. The highest BCUT2D eigenvalue weighted by Gasteiger charge is 2.26. The first-order chi connectivity index (χ1) is 9.22. The number of carbonyl (C=O) groups excluding carboxylic acids is 1. The third-order valence-electron chi connectivity index (χ3n) is 4.53. The van der Waals surface area contributed by atoms with E-state index >= 15 is 0 Å². The summed E-state index contributed by atoms with van der Waals surface area (Å²) in [7, 11) is 0. The Bertz CT molecular complexity index is 290. The van der Waals surface area contributed by atoms with Crippen molar-refractivity contribution in [1.82, 2.24) is 15.1 Å². The fraction of sp³-hybridized carbons (Fsp3) is 0.929. The van der Waals surface area contributed by atoms with E-state index in [-0.39, 0.29) is 18.6 Å². The number of carbonyl (C=O) groups is 1. The van der Waals surface area contributed by atoms with Crippen molar-refractivity contribution in [2.24, 2.45) is 11.8 Å². The lowest BCUT2D eigenvalue weighted by atomic mass is 9.97. The molecule has 0 aromatic carbocycles. The summed E-state index contributed by atoms with van der Waals surface area (Å²) in [5.41, 5.74) is 0. The van der Waals surface area contributed by atoms with Crippen LogP contribution < -0.4 is 5.32 Å². The molecule has 0 aromatic rings. The Labute approximate surface area is 115 Å². The van der Waals surface area contributed by atoms with Crippen LogP contribution in [0.2, 0.25) is 0 Å². The van der Waals surface area contributed by atoms with Crippen LogP contribution in [0.4, 0.5) is 4.79 Å². The molecule has 2 aliphatic heterocycles. The van der Waals surface area contributed by atoms with Crippen molar-refractivity contribution >= 4 is 6.03 Å². The molecule has 0 aliphatic carbocycles. The van der Waals surface area contributed by atoms with E-state index in [0.29, 0.717) is 12.5 Å². The lowest BCUT2D eigenvalue weighted by Gasteiger charge is -2.31. The maximum atomic E-state index is 12.0. The molecule has 2 heterocycles. The molecule has 2 saturated heterocycles. The van der Waals surface area contributed by atoms with Crippen molar-refractivity contribution in [3.63, 3.8) is 0 Å². The summed E-state index contributed by atoms with van der Waals surface area (Å²) in [4.78, 5) is 16.3. The maximum absolute atomic E-state index is 12.0. The third-order valence-corrected chi connectivity index (χ3v) is 4.53. The zero-order chi connectivity index (χ0) is 13.7. The normalized spacial score (nSPS) is 25.8. The summed E-state index contributed by atoms with van der Waals surface area (Å²) >= 11 is 0. The Hall–Kier alpha value is -0.810. The lowest BCUT2D eigenvalue weighted by Crippen LogP contribution is -2.43. The zero-order valence-corrected chi connectivity index (χ0v) is 12.0. The number of aliphatic hydroxyl groups is 1. The molecule has 5 nitrogen and oxygen atoms in total. The largest absolute Gasteiger partial charge is 0.396 e. The summed E-state index contributed by atoms with van der Waals surface area (Å²) in [5.74, 6) is 0.904. The molecule has 2 aliphatic rings. The van der Waals surface area contributed by atoms with Gasteiger partial charge in [0.2, 0.25) is 0 Å². The highest BCUT2D eigenvalue weighted by Crippen LogP contribution is 2.17. The highest BCUT2D eigenvalue weighted by molar-refractivity contribution is 5.74. The predicted molar refractivity (Wildman–Crippen MR) is 75.0 cm³/mol. The fourth-order valence-electron chi connectivity index (χ4n) is 3.02. The fourth-order valence-corrected chi connectivity index (χ4v) is 3.02. The minimum Gasteiger partial charge on any atom is -0.396 e. The molecule has 0 saturated carbocycles. The van der Waals surface area contributed by atoms with Gasteiger partial charge in [-0.05, 0) is 44.8 Å². The van der Waals surface area contributed by atoms with Gasteiger partial charge in [-0.25, -0.2) is 4.79 Å². The number of hydrogen-bond donors (Lipinski definition) is 2. The van der Waals surface area contributed by atoms with E-state index in [4.69, 9.17) is 5.11 Å². The van der Waals surface area contributed by atoms with Gasteiger partial charge in [-0.2, -0.15) is 0 Å². The number of nitrogens with zero attached hydrogens (tertiary/aromatic N) is 2. The number of nitrogens with one attached hydrogen (secondary N) is 1. The number of amides is 2. The zero-order valence-electron chi connectivity index (χ0n) is 12.0. The van der Waals surface area contributed by atoms with Crippen molar-refractivity contribution < 1.29 is 9.90 Å². The first kappa shape index (κ1) is 14.6. The van der Waals surface area contributed by atoms with Crippen LogP contribution in [-0.2, 0) is 0 Å². The van der Waals surface area contributed by atoms with Crippen molar-refractivity contribution in [3.05, 3.63) is 0 Å². The van der Waals surface area contributed by atoms with E-state index < -0.39 is 0 Å². The first-order valence-electron chi connectivity index (χ1n) is 7.59. The van der Waals surface area contributed by atoms with Gasteiger partial charge in [0, 0.05) is 32.2 Å². The van der Waals surface area contributed by atoms with Gasteiger partial charge in [-0.15, -0.1) is 0 Å².